The van der Waals surface area contributed by atoms with Gasteiger partial charge in [0.2, 0.25) is 0 Å². The van der Waals surface area contributed by atoms with E-state index in [1.807, 2.05) is 0 Å². The zero-order chi connectivity index (χ0) is 16.3. The Hall–Kier alpha value is -1.45. The number of halogens is 6. The molecule has 0 fully saturated rings. The van der Waals surface area contributed by atoms with Gasteiger partial charge in [-0.1, -0.05) is 0 Å². The SMILES string of the molecule is CC(CSC(F)(F)F)NC(=O)c1cncc(C(F)(F)F)c1. The Bertz CT molecular complexity index is 502. The molecular weight excluding hydrogens is 322 g/mol. The van der Waals surface area contributed by atoms with Crippen molar-refractivity contribution in [3.05, 3.63) is 29.6 Å². The Morgan fingerprint density at radius 1 is 1.29 bits per heavy atom. The molecule has 0 saturated heterocycles. The van der Waals surface area contributed by atoms with Crippen molar-refractivity contribution in [2.45, 2.75) is 24.7 Å². The molecule has 21 heavy (non-hydrogen) atoms. The first-order valence-corrected chi connectivity index (χ1v) is 6.51. The number of carbonyl (C=O) groups excluding carboxylic acids is 1. The summed E-state index contributed by atoms with van der Waals surface area (Å²) in [6, 6.07) is -0.273. The fourth-order valence-electron chi connectivity index (χ4n) is 1.29. The number of hydrogen-bond donors (Lipinski definition) is 1. The largest absolute Gasteiger partial charge is 0.441 e. The van der Waals surface area contributed by atoms with Gasteiger partial charge in [0.15, 0.2) is 0 Å². The van der Waals surface area contributed by atoms with Gasteiger partial charge in [0.1, 0.15) is 0 Å². The van der Waals surface area contributed by atoms with E-state index in [4.69, 9.17) is 0 Å². The number of amides is 1. The molecule has 0 aliphatic rings. The van der Waals surface area contributed by atoms with Gasteiger partial charge in [0, 0.05) is 24.2 Å². The third-order valence-electron chi connectivity index (χ3n) is 2.20. The lowest BCUT2D eigenvalue weighted by Crippen LogP contribution is -2.35. The zero-order valence-electron chi connectivity index (χ0n) is 10.5. The molecule has 1 N–H and O–H groups in total. The molecule has 1 unspecified atom stereocenters. The van der Waals surface area contributed by atoms with Crippen LogP contribution in [0.15, 0.2) is 18.5 Å². The molecule has 0 aliphatic carbocycles. The van der Waals surface area contributed by atoms with Crippen LogP contribution in [0.1, 0.15) is 22.8 Å². The standard InChI is InChI=1S/C11H10F6N2OS/c1-6(5-21-11(15,16)17)19-9(20)7-2-8(4-18-3-7)10(12,13)14/h2-4,6H,5H2,1H3,(H,19,20). The third kappa shape index (κ3) is 6.23. The van der Waals surface area contributed by atoms with E-state index in [2.05, 4.69) is 10.3 Å². The van der Waals surface area contributed by atoms with Crippen molar-refractivity contribution < 1.29 is 31.1 Å². The second-order valence-corrected chi connectivity index (χ2v) is 5.18. The summed E-state index contributed by atoms with van der Waals surface area (Å²) >= 11 is -0.324. The van der Waals surface area contributed by atoms with Crippen LogP contribution in [-0.4, -0.2) is 28.2 Å². The molecule has 1 atom stereocenters. The maximum absolute atomic E-state index is 12.4. The van der Waals surface area contributed by atoms with Gasteiger partial charge in [-0.2, -0.15) is 26.3 Å². The van der Waals surface area contributed by atoms with Crippen molar-refractivity contribution in [1.82, 2.24) is 10.3 Å². The number of aromatic nitrogens is 1. The average molecular weight is 332 g/mol. The predicted octanol–water partition coefficient (Wildman–Crippen LogP) is 3.47. The van der Waals surface area contributed by atoms with Crippen LogP contribution >= 0.6 is 11.8 Å². The summed E-state index contributed by atoms with van der Waals surface area (Å²) in [5.41, 5.74) is -5.90. The number of carbonyl (C=O) groups is 1. The Morgan fingerprint density at radius 2 is 1.90 bits per heavy atom. The number of thioether (sulfide) groups is 1. The summed E-state index contributed by atoms with van der Waals surface area (Å²) in [6.07, 6.45) is -3.19. The number of rotatable bonds is 4. The van der Waals surface area contributed by atoms with Gasteiger partial charge in [0.05, 0.1) is 11.1 Å². The smallest absolute Gasteiger partial charge is 0.349 e. The zero-order valence-corrected chi connectivity index (χ0v) is 11.4. The highest BCUT2D eigenvalue weighted by Crippen LogP contribution is 2.31. The lowest BCUT2D eigenvalue weighted by Gasteiger charge is -2.15. The van der Waals surface area contributed by atoms with E-state index in [9.17, 15) is 31.1 Å². The molecule has 1 heterocycles. The van der Waals surface area contributed by atoms with E-state index in [1.54, 1.807) is 0 Å². The minimum absolute atomic E-state index is 0.324. The second-order valence-electron chi connectivity index (χ2n) is 4.09. The molecule has 0 aromatic carbocycles. The highest BCUT2D eigenvalue weighted by Gasteiger charge is 2.32. The molecule has 0 bridgehead atoms. The molecule has 0 radical (unpaired) electrons. The monoisotopic (exact) mass is 332 g/mol. The maximum Gasteiger partial charge on any atom is 0.441 e. The molecule has 0 saturated carbocycles. The number of nitrogens with zero attached hydrogens (tertiary/aromatic N) is 1. The minimum Gasteiger partial charge on any atom is -0.349 e. The van der Waals surface area contributed by atoms with Crippen LogP contribution in [0, 0.1) is 0 Å². The normalized spacial score (nSPS) is 13.9. The van der Waals surface area contributed by atoms with Gasteiger partial charge in [-0.3, -0.25) is 9.78 Å². The summed E-state index contributed by atoms with van der Waals surface area (Å²) in [6.45, 7) is 1.32. The lowest BCUT2D eigenvalue weighted by atomic mass is 10.2. The topological polar surface area (TPSA) is 42.0 Å². The first-order valence-electron chi connectivity index (χ1n) is 5.53. The van der Waals surface area contributed by atoms with E-state index < -0.39 is 34.9 Å². The fourth-order valence-corrected chi connectivity index (χ4v) is 1.81. The van der Waals surface area contributed by atoms with Crippen LogP contribution in [0.2, 0.25) is 0 Å². The van der Waals surface area contributed by atoms with Gasteiger partial charge >= 0.3 is 11.7 Å². The highest BCUT2D eigenvalue weighted by molar-refractivity contribution is 8.00. The van der Waals surface area contributed by atoms with Crippen molar-refractivity contribution in [3.63, 3.8) is 0 Å². The number of nitrogens with one attached hydrogen (secondary N) is 1. The summed E-state index contributed by atoms with van der Waals surface area (Å²) in [4.78, 5) is 14.9. The molecule has 0 spiro atoms. The van der Waals surface area contributed by atoms with Crippen molar-refractivity contribution in [3.8, 4) is 0 Å². The van der Waals surface area contributed by atoms with Gasteiger partial charge < -0.3 is 5.32 Å². The molecule has 1 rings (SSSR count). The van der Waals surface area contributed by atoms with Gasteiger partial charge in [0.25, 0.3) is 5.91 Å². The molecular formula is C11H10F6N2OS. The summed E-state index contributed by atoms with van der Waals surface area (Å²) in [5, 5.41) is 2.18. The molecule has 1 aromatic heterocycles. The van der Waals surface area contributed by atoms with E-state index in [-0.39, 0.29) is 17.3 Å². The molecule has 1 amide bonds. The van der Waals surface area contributed by atoms with Crippen molar-refractivity contribution in [1.29, 1.82) is 0 Å². The molecule has 3 nitrogen and oxygen atoms in total. The predicted molar refractivity (Wildman–Crippen MR) is 64.7 cm³/mol. The van der Waals surface area contributed by atoms with Gasteiger partial charge in [-0.25, -0.2) is 0 Å². The van der Waals surface area contributed by atoms with Crippen LogP contribution < -0.4 is 5.32 Å². The Kier molecular flexibility index (Phi) is 5.48. The summed E-state index contributed by atoms with van der Waals surface area (Å²) in [7, 11) is 0. The molecule has 10 heteroatoms. The van der Waals surface area contributed by atoms with Crippen molar-refractivity contribution >= 4 is 17.7 Å². The maximum atomic E-state index is 12.4. The van der Waals surface area contributed by atoms with E-state index >= 15 is 0 Å². The first kappa shape index (κ1) is 17.6. The van der Waals surface area contributed by atoms with Crippen LogP contribution in [-0.2, 0) is 6.18 Å². The second kappa shape index (κ2) is 6.54. The van der Waals surface area contributed by atoms with E-state index in [0.29, 0.717) is 12.3 Å². The first-order chi connectivity index (χ1) is 9.49. The van der Waals surface area contributed by atoms with E-state index in [0.717, 1.165) is 6.20 Å². The van der Waals surface area contributed by atoms with Crippen LogP contribution in [0.3, 0.4) is 0 Å². The van der Waals surface area contributed by atoms with Crippen LogP contribution in [0.25, 0.3) is 0 Å². The quantitative estimate of drug-likeness (QED) is 0.859. The Morgan fingerprint density at radius 3 is 2.43 bits per heavy atom. The number of pyridine rings is 1. The number of hydrogen-bond acceptors (Lipinski definition) is 3. The van der Waals surface area contributed by atoms with Gasteiger partial charge in [-0.05, 0) is 24.8 Å². The molecule has 118 valence electrons. The average Bonchev–Trinajstić information content (AvgIpc) is 2.34. The summed E-state index contributed by atoms with van der Waals surface area (Å²) in [5.74, 6) is -1.36. The van der Waals surface area contributed by atoms with Crippen molar-refractivity contribution in [2.24, 2.45) is 0 Å². The molecule has 1 aromatic rings. The Labute approximate surface area is 120 Å². The minimum atomic E-state index is -4.65. The highest BCUT2D eigenvalue weighted by atomic mass is 32.2. The Balaban J connectivity index is 2.68. The fraction of sp³-hybridized carbons (Fsp3) is 0.455. The number of alkyl halides is 6. The van der Waals surface area contributed by atoms with Crippen molar-refractivity contribution in [2.75, 3.05) is 5.75 Å². The summed E-state index contributed by atoms with van der Waals surface area (Å²) < 4.78 is 73.3. The lowest BCUT2D eigenvalue weighted by molar-refractivity contribution is -0.137. The molecule has 0 aliphatic heterocycles. The van der Waals surface area contributed by atoms with Crippen LogP contribution in [0.4, 0.5) is 26.3 Å². The van der Waals surface area contributed by atoms with Gasteiger partial charge in [-0.15, -0.1) is 0 Å². The van der Waals surface area contributed by atoms with E-state index in [1.165, 1.54) is 6.92 Å². The van der Waals surface area contributed by atoms with Crippen LogP contribution in [0.5, 0.6) is 0 Å². The third-order valence-corrected chi connectivity index (χ3v) is 3.20.